The first-order valence-corrected chi connectivity index (χ1v) is 26.0. The standard InChI is InChI=1S/C42H42P3Si.ClH.Rh/c1-7-19-37(20-8-1)43(38-21-9-2-10-22-38)31-34-46(35-32-44(39-23-11-3-12-24-39)40-25-13-4-14-26-40)36-33-45(41-27-15-5-16-28-41)42-29-17-6-18-30-42;;/h1-30H,31-36H2;1H;. The van der Waals surface area contributed by atoms with E-state index in [0.29, 0.717) is 0 Å². The van der Waals surface area contributed by atoms with E-state index in [-0.39, 0.29) is 12.4 Å². The van der Waals surface area contributed by atoms with Crippen LogP contribution in [-0.4, -0.2) is 24.8 Å². The van der Waals surface area contributed by atoms with Crippen LogP contribution in [0.3, 0.4) is 0 Å². The molecule has 0 spiro atoms. The van der Waals surface area contributed by atoms with Crippen molar-refractivity contribution < 1.29 is 17.6 Å². The summed E-state index contributed by atoms with van der Waals surface area (Å²) in [6, 6.07) is 71.8. The Hall–Kier alpha value is -2.26. The normalized spacial score (nSPS) is 11.5. The molecule has 6 aromatic carbocycles. The zero-order valence-corrected chi connectivity index (χ0v) is 33.3. The van der Waals surface area contributed by atoms with Gasteiger partial charge in [-0.15, -0.1) is 12.4 Å². The molecule has 0 unspecified atom stereocenters. The van der Waals surface area contributed by atoms with Gasteiger partial charge in [0.2, 0.25) is 0 Å². The average molecular weight is 807 g/mol. The van der Waals surface area contributed by atoms with Crippen LogP contribution < -0.4 is 31.8 Å². The zero-order chi connectivity index (χ0) is 32.2. The fourth-order valence-electron chi connectivity index (χ4n) is 6.17. The van der Waals surface area contributed by atoms with Crippen molar-refractivity contribution in [3.63, 3.8) is 0 Å². The van der Waals surface area contributed by atoms with Crippen molar-refractivity contribution in [3.05, 3.63) is 182 Å². The van der Waals surface area contributed by atoms with Gasteiger partial charge in [-0.3, -0.25) is 0 Å². The summed E-state index contributed by atoms with van der Waals surface area (Å²) in [4.78, 5) is 0. The second-order valence-corrected chi connectivity index (χ2v) is 27.8. The maximum atomic E-state index is 3.88. The molecule has 6 rings (SSSR count). The van der Waals surface area contributed by atoms with Crippen molar-refractivity contribution in [2.45, 2.75) is 18.1 Å². The van der Waals surface area contributed by atoms with Crippen molar-refractivity contribution in [3.8, 4) is 0 Å². The molecule has 0 radical (unpaired) electrons. The molecule has 48 heavy (non-hydrogen) atoms. The zero-order valence-electron chi connectivity index (χ0n) is 27.1. The molecule has 0 N–H and O–H groups in total. The third-order valence-corrected chi connectivity index (χ3v) is 24.6. The summed E-state index contributed by atoms with van der Waals surface area (Å²) in [5, 5.41) is 8.99. The molecule has 0 amide bonds. The molecule has 6 aromatic rings. The van der Waals surface area contributed by atoms with Gasteiger partial charge in [0.05, 0.1) is 0 Å². The summed E-state index contributed by atoms with van der Waals surface area (Å²) in [5.41, 5.74) is 0. The molecule has 0 aliphatic rings. The van der Waals surface area contributed by atoms with Crippen molar-refractivity contribution in [1.82, 2.24) is 0 Å². The summed E-state index contributed by atoms with van der Waals surface area (Å²) in [5.74, 6) is 0. The van der Waals surface area contributed by atoms with Crippen LogP contribution in [-0.2, 0) is 17.6 Å². The van der Waals surface area contributed by atoms with Gasteiger partial charge < -0.3 is 0 Å². The molecule has 0 bridgehead atoms. The number of benzene rings is 6. The van der Waals surface area contributed by atoms with Crippen molar-refractivity contribution >= 4 is 74.3 Å². The Morgan fingerprint density at radius 1 is 0.312 bits per heavy atom. The molecular formula is C42H43ClP3RhSi. The van der Waals surface area contributed by atoms with Gasteiger partial charge in [-0.2, -0.15) is 0 Å². The van der Waals surface area contributed by atoms with Crippen molar-refractivity contribution in [2.75, 3.05) is 18.5 Å². The van der Waals surface area contributed by atoms with Crippen LogP contribution in [0, 0.1) is 0 Å². The Bertz CT molecular complexity index is 1420. The van der Waals surface area contributed by atoms with E-state index in [1.165, 1.54) is 68.4 Å². The molecule has 0 saturated heterocycles. The minimum absolute atomic E-state index is 0. The van der Waals surface area contributed by atoms with Gasteiger partial charge in [0, 0.05) is 0 Å². The molecule has 0 fully saturated rings. The Balaban J connectivity index is 0.00000451. The van der Waals surface area contributed by atoms with E-state index >= 15 is 0 Å². The van der Waals surface area contributed by atoms with E-state index < -0.39 is 30.1 Å². The molecule has 0 saturated carbocycles. The van der Waals surface area contributed by atoms with Gasteiger partial charge in [-0.05, 0) is 0 Å². The van der Waals surface area contributed by atoms with Crippen LogP contribution in [0.2, 0.25) is 18.1 Å². The number of rotatable bonds is 15. The van der Waals surface area contributed by atoms with Crippen LogP contribution in [0.5, 0.6) is 0 Å². The van der Waals surface area contributed by atoms with Gasteiger partial charge in [-0.25, -0.2) is 0 Å². The Morgan fingerprint density at radius 3 is 0.646 bits per heavy atom. The minimum atomic E-state index is -1.80. The summed E-state index contributed by atoms with van der Waals surface area (Å²) < 4.78 is 0. The first kappa shape index (κ1) is 37.0. The van der Waals surface area contributed by atoms with Crippen LogP contribution in [0.15, 0.2) is 182 Å². The number of halogens is 1. The van der Waals surface area contributed by atoms with Gasteiger partial charge in [0.1, 0.15) is 0 Å². The van der Waals surface area contributed by atoms with E-state index in [1.807, 2.05) is 0 Å². The van der Waals surface area contributed by atoms with Crippen LogP contribution in [0.1, 0.15) is 0 Å². The fourth-order valence-corrected chi connectivity index (χ4v) is 24.9. The molecule has 246 valence electrons. The van der Waals surface area contributed by atoms with Crippen LogP contribution >= 0.6 is 36.2 Å². The molecule has 0 aromatic heterocycles. The van der Waals surface area contributed by atoms with Gasteiger partial charge in [0.15, 0.2) is 0 Å². The molecule has 0 atom stereocenters. The van der Waals surface area contributed by atoms with Crippen molar-refractivity contribution in [1.29, 1.82) is 0 Å². The Morgan fingerprint density at radius 2 is 0.479 bits per heavy atom. The van der Waals surface area contributed by atoms with Crippen molar-refractivity contribution in [2.24, 2.45) is 0 Å². The fraction of sp³-hybridized carbons (Fsp3) is 0.143. The quantitative estimate of drug-likeness (QED) is 0.0718. The molecular weight excluding hydrogens is 764 g/mol. The summed E-state index contributed by atoms with van der Waals surface area (Å²) >= 11 is 3.88. The summed E-state index contributed by atoms with van der Waals surface area (Å²) in [7, 11) is -1.24. The molecule has 6 heteroatoms. The molecule has 0 aliphatic carbocycles. The topological polar surface area (TPSA) is 0 Å². The van der Waals surface area contributed by atoms with E-state index in [1.54, 1.807) is 0 Å². The monoisotopic (exact) mass is 806 g/mol. The predicted molar refractivity (Wildman–Crippen MR) is 219 cm³/mol. The number of hydrogen-bond acceptors (Lipinski definition) is 0. The van der Waals surface area contributed by atoms with E-state index in [0.717, 1.165) is 0 Å². The van der Waals surface area contributed by atoms with E-state index in [9.17, 15) is 0 Å². The molecule has 0 aliphatic heterocycles. The van der Waals surface area contributed by atoms with Gasteiger partial charge >= 0.3 is 298 Å². The Kier molecular flexibility index (Phi) is 14.8. The molecule has 0 nitrogen and oxygen atoms in total. The first-order valence-electron chi connectivity index (χ1n) is 16.5. The summed E-state index contributed by atoms with van der Waals surface area (Å²) in [6.07, 6.45) is 1.94. The van der Waals surface area contributed by atoms with Gasteiger partial charge in [-0.1, -0.05) is 0 Å². The first-order chi connectivity index (χ1) is 23.2. The van der Waals surface area contributed by atoms with E-state index in [2.05, 4.69) is 200 Å². The second-order valence-electron chi connectivity index (χ2n) is 11.8. The van der Waals surface area contributed by atoms with Crippen LogP contribution in [0.25, 0.3) is 0 Å². The molecule has 0 heterocycles. The summed E-state index contributed by atoms with van der Waals surface area (Å²) in [6.45, 7) is 0. The maximum absolute atomic E-state index is 3.88. The predicted octanol–water partition coefficient (Wildman–Crippen LogP) is 9.30. The van der Waals surface area contributed by atoms with Crippen LogP contribution in [0.4, 0.5) is 0 Å². The third kappa shape index (κ3) is 10.4. The third-order valence-electron chi connectivity index (χ3n) is 8.72. The second kappa shape index (κ2) is 19.2. The SMILES string of the molecule is Cl.[Rh][Si](CCP(c1ccccc1)c1ccccc1)(CCP(c1ccccc1)c1ccccc1)CCP(c1ccccc1)c1ccccc1. The Labute approximate surface area is 308 Å². The van der Waals surface area contributed by atoms with Gasteiger partial charge in [0.25, 0.3) is 0 Å². The number of hydrogen-bond donors (Lipinski definition) is 0. The average Bonchev–Trinajstić information content (AvgIpc) is 3.15. The van der Waals surface area contributed by atoms with E-state index in [4.69, 9.17) is 0 Å².